The number of amides is 1. The first kappa shape index (κ1) is 19.8. The van der Waals surface area contributed by atoms with Gasteiger partial charge in [-0.3, -0.25) is 9.69 Å². The highest BCUT2D eigenvalue weighted by Crippen LogP contribution is 2.65. The number of fused-ring (bicyclic) bond motifs is 1. The fraction of sp³-hybridized carbons (Fsp3) is 0.700. The number of nitrogens with zero attached hydrogens (tertiary/aromatic N) is 2. The fourth-order valence-corrected chi connectivity index (χ4v) is 5.95. The molecule has 3 atom stereocenters. The summed E-state index contributed by atoms with van der Waals surface area (Å²) in [7, 11) is -3.91. The molecule has 0 bridgehead atoms. The van der Waals surface area contributed by atoms with Crippen molar-refractivity contribution in [2.75, 3.05) is 11.9 Å². The second-order valence-corrected chi connectivity index (χ2v) is 10.7. The zero-order valence-corrected chi connectivity index (χ0v) is 17.4. The molecule has 0 aromatic carbocycles. The summed E-state index contributed by atoms with van der Waals surface area (Å²) < 4.78 is 23.1. The third-order valence-electron chi connectivity index (χ3n) is 7.10. The van der Waals surface area contributed by atoms with Crippen molar-refractivity contribution in [1.82, 2.24) is 9.88 Å². The maximum atomic E-state index is 13.3. The van der Waals surface area contributed by atoms with Crippen molar-refractivity contribution in [2.24, 2.45) is 22.4 Å². The van der Waals surface area contributed by atoms with Crippen LogP contribution in [-0.4, -0.2) is 42.8 Å². The van der Waals surface area contributed by atoms with Crippen molar-refractivity contribution in [3.63, 3.8) is 0 Å². The van der Waals surface area contributed by atoms with Crippen molar-refractivity contribution in [1.29, 1.82) is 0 Å². The van der Waals surface area contributed by atoms with Crippen LogP contribution < -0.4 is 10.5 Å². The lowest BCUT2D eigenvalue weighted by molar-refractivity contribution is -0.122. The number of carbonyl (C=O) groups excluding carboxylic acids is 1. The highest BCUT2D eigenvalue weighted by molar-refractivity contribution is 7.89. The van der Waals surface area contributed by atoms with Crippen molar-refractivity contribution >= 4 is 21.6 Å². The van der Waals surface area contributed by atoms with Crippen LogP contribution in [0.25, 0.3) is 0 Å². The number of likely N-dealkylation sites (tertiary alicyclic amines) is 1. The molecular formula is C20H30N4O3S. The Bertz CT molecular complexity index is 862. The summed E-state index contributed by atoms with van der Waals surface area (Å²) in [6, 6.07) is 3.24. The SMILES string of the molecule is CC1(C)[C@@H]2[C@@H](C(=O)Nc3ccnc(S(N)(=O)=O)c3)N(C3CCCCCC3)C[C@@H]21. The maximum Gasteiger partial charge on any atom is 0.255 e. The summed E-state index contributed by atoms with van der Waals surface area (Å²) in [5.74, 6) is 0.869. The van der Waals surface area contributed by atoms with Gasteiger partial charge >= 0.3 is 0 Å². The highest BCUT2D eigenvalue weighted by Gasteiger charge is 2.68. The minimum atomic E-state index is -3.91. The van der Waals surface area contributed by atoms with Gasteiger partial charge in [0, 0.05) is 30.5 Å². The van der Waals surface area contributed by atoms with Crippen LogP contribution in [0.15, 0.2) is 23.4 Å². The Morgan fingerprint density at radius 3 is 2.57 bits per heavy atom. The Balaban J connectivity index is 1.55. The molecule has 7 nitrogen and oxygen atoms in total. The molecule has 28 heavy (non-hydrogen) atoms. The molecule has 0 spiro atoms. The van der Waals surface area contributed by atoms with Crippen LogP contribution in [-0.2, 0) is 14.8 Å². The molecule has 154 valence electrons. The number of piperidine rings is 1. The number of primary sulfonamides is 1. The van der Waals surface area contributed by atoms with Gasteiger partial charge in [-0.15, -0.1) is 0 Å². The quantitative estimate of drug-likeness (QED) is 0.747. The molecule has 1 aromatic heterocycles. The average Bonchev–Trinajstić information content (AvgIpc) is 3.04. The molecule has 0 unspecified atom stereocenters. The summed E-state index contributed by atoms with van der Waals surface area (Å²) in [5, 5.41) is 7.87. The van der Waals surface area contributed by atoms with Crippen molar-refractivity contribution in [3.05, 3.63) is 18.3 Å². The number of rotatable bonds is 4. The van der Waals surface area contributed by atoms with E-state index in [4.69, 9.17) is 5.14 Å². The van der Waals surface area contributed by atoms with E-state index < -0.39 is 10.0 Å². The number of hydrogen-bond donors (Lipinski definition) is 2. The number of nitrogens with two attached hydrogens (primary N) is 1. The fourth-order valence-electron chi connectivity index (χ4n) is 5.45. The minimum absolute atomic E-state index is 0.0473. The lowest BCUT2D eigenvalue weighted by Crippen LogP contribution is -2.49. The first-order chi connectivity index (χ1) is 13.2. The Morgan fingerprint density at radius 1 is 1.25 bits per heavy atom. The van der Waals surface area contributed by atoms with Crippen molar-refractivity contribution < 1.29 is 13.2 Å². The first-order valence-electron chi connectivity index (χ1n) is 10.2. The van der Waals surface area contributed by atoms with Crippen LogP contribution in [0, 0.1) is 17.3 Å². The largest absolute Gasteiger partial charge is 0.325 e. The molecule has 1 saturated heterocycles. The number of carbonyl (C=O) groups is 1. The van der Waals surface area contributed by atoms with E-state index in [1.807, 2.05) is 0 Å². The smallest absolute Gasteiger partial charge is 0.255 e. The van der Waals surface area contributed by atoms with Crippen LogP contribution >= 0.6 is 0 Å². The van der Waals surface area contributed by atoms with Gasteiger partial charge in [0.1, 0.15) is 0 Å². The molecule has 2 aliphatic carbocycles. The van der Waals surface area contributed by atoms with Crippen LogP contribution in [0.4, 0.5) is 5.69 Å². The second-order valence-electron chi connectivity index (χ2n) is 9.16. The number of nitrogens with one attached hydrogen (secondary N) is 1. The molecule has 2 saturated carbocycles. The summed E-state index contributed by atoms with van der Waals surface area (Å²) in [6.07, 6.45) is 8.71. The molecule has 3 aliphatic rings. The van der Waals surface area contributed by atoms with Gasteiger partial charge in [0.05, 0.1) is 6.04 Å². The second kappa shape index (κ2) is 7.07. The molecule has 8 heteroatoms. The van der Waals surface area contributed by atoms with E-state index in [1.54, 1.807) is 6.07 Å². The summed E-state index contributed by atoms with van der Waals surface area (Å²) in [5.41, 5.74) is 0.611. The number of anilines is 1. The monoisotopic (exact) mass is 406 g/mol. The van der Waals surface area contributed by atoms with Crippen LogP contribution in [0.5, 0.6) is 0 Å². The summed E-state index contributed by atoms with van der Waals surface area (Å²) in [6.45, 7) is 5.48. The van der Waals surface area contributed by atoms with Gasteiger partial charge in [-0.05, 0) is 36.2 Å². The minimum Gasteiger partial charge on any atom is -0.325 e. The van der Waals surface area contributed by atoms with Gasteiger partial charge in [0.15, 0.2) is 5.03 Å². The highest BCUT2D eigenvalue weighted by atomic mass is 32.2. The zero-order chi connectivity index (χ0) is 20.1. The summed E-state index contributed by atoms with van der Waals surface area (Å²) >= 11 is 0. The van der Waals surface area contributed by atoms with E-state index in [9.17, 15) is 13.2 Å². The van der Waals surface area contributed by atoms with E-state index in [0.717, 1.165) is 19.4 Å². The first-order valence-corrected chi connectivity index (χ1v) is 11.8. The Hall–Kier alpha value is -1.51. The third-order valence-corrected chi connectivity index (χ3v) is 7.91. The molecule has 0 radical (unpaired) electrons. The Morgan fingerprint density at radius 2 is 1.93 bits per heavy atom. The Labute approximate surface area is 167 Å². The van der Waals surface area contributed by atoms with Gasteiger partial charge < -0.3 is 5.32 Å². The Kier molecular flexibility index (Phi) is 5.00. The molecule has 1 aliphatic heterocycles. The maximum absolute atomic E-state index is 13.3. The molecular weight excluding hydrogens is 376 g/mol. The molecule has 1 aromatic rings. The lowest BCUT2D eigenvalue weighted by Gasteiger charge is -2.36. The normalized spacial score (nSPS) is 30.5. The average molecular weight is 407 g/mol. The number of pyridine rings is 1. The zero-order valence-electron chi connectivity index (χ0n) is 16.6. The molecule has 1 amide bonds. The number of aromatic nitrogens is 1. The van der Waals surface area contributed by atoms with Gasteiger partial charge in [-0.1, -0.05) is 39.5 Å². The molecule has 3 fully saturated rings. The van der Waals surface area contributed by atoms with E-state index in [-0.39, 0.29) is 22.4 Å². The predicted octanol–water partition coefficient (Wildman–Crippen LogP) is 2.35. The third kappa shape index (κ3) is 3.57. The van der Waals surface area contributed by atoms with Crippen LogP contribution in [0.1, 0.15) is 52.4 Å². The number of sulfonamides is 1. The number of hydrogen-bond acceptors (Lipinski definition) is 5. The van der Waals surface area contributed by atoms with Gasteiger partial charge in [-0.25, -0.2) is 18.5 Å². The van der Waals surface area contributed by atoms with Gasteiger partial charge in [-0.2, -0.15) is 0 Å². The standard InChI is InChI=1S/C20H30N4O3S/c1-20(2)15-12-24(14-7-5-3-4-6-8-14)18(17(15)20)19(25)23-13-9-10-22-16(11-13)28(21,26)27/h9-11,14-15,17-18H,3-8,12H2,1-2H3,(H2,21,26,27)(H,22,23,25)/t15-,17-,18-/m0/s1. The van der Waals surface area contributed by atoms with Gasteiger partial charge in [0.2, 0.25) is 5.91 Å². The molecule has 3 N–H and O–H groups in total. The summed E-state index contributed by atoms with van der Waals surface area (Å²) in [4.78, 5) is 19.5. The van der Waals surface area contributed by atoms with Crippen LogP contribution in [0.2, 0.25) is 0 Å². The van der Waals surface area contributed by atoms with E-state index in [0.29, 0.717) is 23.6 Å². The van der Waals surface area contributed by atoms with Gasteiger partial charge in [0.25, 0.3) is 10.0 Å². The molecule has 2 heterocycles. The van der Waals surface area contributed by atoms with Crippen molar-refractivity contribution in [3.8, 4) is 0 Å². The van der Waals surface area contributed by atoms with Crippen molar-refractivity contribution in [2.45, 2.75) is 69.5 Å². The topological polar surface area (TPSA) is 105 Å². The predicted molar refractivity (Wildman–Crippen MR) is 107 cm³/mol. The van der Waals surface area contributed by atoms with E-state index >= 15 is 0 Å². The molecule has 4 rings (SSSR count). The van der Waals surface area contributed by atoms with E-state index in [1.165, 1.54) is 37.9 Å². The van der Waals surface area contributed by atoms with E-state index in [2.05, 4.69) is 29.0 Å². The lowest BCUT2D eigenvalue weighted by atomic mass is 9.97. The van der Waals surface area contributed by atoms with Crippen LogP contribution in [0.3, 0.4) is 0 Å².